The lowest BCUT2D eigenvalue weighted by atomic mass is 9.90. The maximum atomic E-state index is 5.54. The fourth-order valence-corrected chi connectivity index (χ4v) is 12.3. The van der Waals surface area contributed by atoms with Gasteiger partial charge in [-0.05, 0) is 118 Å². The van der Waals surface area contributed by atoms with Gasteiger partial charge in [0.15, 0.2) is 17.5 Å². The second-order valence-corrected chi connectivity index (χ2v) is 19.4. The number of fused-ring (bicyclic) bond motifs is 11. The Hall–Kier alpha value is -9.23. The minimum absolute atomic E-state index is 0.607. The molecule has 0 fully saturated rings. The van der Waals surface area contributed by atoms with E-state index in [2.05, 4.69) is 228 Å². The van der Waals surface area contributed by atoms with Crippen molar-refractivity contribution in [2.24, 2.45) is 0 Å². The van der Waals surface area contributed by atoms with Crippen LogP contribution in [-0.2, 0) is 0 Å². The summed E-state index contributed by atoms with van der Waals surface area (Å²) in [6.45, 7) is 0. The van der Waals surface area contributed by atoms with Crippen LogP contribution in [-0.4, -0.2) is 24.1 Å². The molecule has 0 saturated heterocycles. The van der Waals surface area contributed by atoms with Crippen LogP contribution in [0.5, 0.6) is 0 Å². The molecule has 4 heterocycles. The molecule has 6 heteroatoms. The van der Waals surface area contributed by atoms with Crippen molar-refractivity contribution in [1.82, 2.24) is 24.1 Å². The van der Waals surface area contributed by atoms with Crippen LogP contribution >= 0.6 is 11.3 Å². The van der Waals surface area contributed by atoms with E-state index in [-0.39, 0.29) is 0 Å². The third-order valence-corrected chi connectivity index (χ3v) is 15.4. The highest BCUT2D eigenvalue weighted by Crippen LogP contribution is 2.48. The summed E-state index contributed by atoms with van der Waals surface area (Å²) in [6.07, 6.45) is 0. The number of nitrogens with zero attached hydrogens (tertiary/aromatic N) is 5. The molecule has 0 saturated carbocycles. The highest BCUT2D eigenvalue weighted by atomic mass is 32.1. The molecule has 15 aromatic rings. The molecule has 0 aliphatic carbocycles. The van der Waals surface area contributed by atoms with Gasteiger partial charge in [-0.15, -0.1) is 11.3 Å². The van der Waals surface area contributed by atoms with Crippen LogP contribution in [0.25, 0.3) is 142 Å². The van der Waals surface area contributed by atoms with Crippen molar-refractivity contribution in [1.29, 1.82) is 0 Å². The van der Waals surface area contributed by atoms with Crippen molar-refractivity contribution in [2.75, 3.05) is 0 Å². The van der Waals surface area contributed by atoms with Gasteiger partial charge >= 0.3 is 0 Å². The van der Waals surface area contributed by atoms with Gasteiger partial charge in [-0.25, -0.2) is 15.0 Å². The van der Waals surface area contributed by atoms with Gasteiger partial charge in [0.2, 0.25) is 0 Å². The first kappa shape index (κ1) is 39.7. The molecule has 11 aromatic carbocycles. The number of aromatic nitrogens is 5. The topological polar surface area (TPSA) is 48.5 Å². The van der Waals surface area contributed by atoms with Crippen molar-refractivity contribution in [2.45, 2.75) is 0 Å². The predicted molar refractivity (Wildman–Crippen MR) is 298 cm³/mol. The molecule has 0 amide bonds. The van der Waals surface area contributed by atoms with Gasteiger partial charge in [0.05, 0.1) is 22.1 Å². The van der Waals surface area contributed by atoms with Crippen molar-refractivity contribution in [3.8, 4) is 56.7 Å². The fourth-order valence-electron chi connectivity index (χ4n) is 11.1. The van der Waals surface area contributed by atoms with Crippen molar-refractivity contribution in [3.63, 3.8) is 0 Å². The van der Waals surface area contributed by atoms with Gasteiger partial charge in [0.25, 0.3) is 0 Å². The number of hydrogen-bond acceptors (Lipinski definition) is 4. The molecule has 0 bridgehead atoms. The van der Waals surface area contributed by atoms with E-state index in [9.17, 15) is 0 Å². The Labute approximate surface area is 411 Å². The van der Waals surface area contributed by atoms with Gasteiger partial charge in [-0.2, -0.15) is 0 Å². The lowest BCUT2D eigenvalue weighted by Gasteiger charge is -2.18. The summed E-state index contributed by atoms with van der Waals surface area (Å²) in [5, 5.41) is 12.0. The molecule has 71 heavy (non-hydrogen) atoms. The maximum Gasteiger partial charge on any atom is 0.164 e. The first-order chi connectivity index (χ1) is 35.2. The molecule has 0 atom stereocenters. The molecule has 0 aliphatic rings. The SMILES string of the molecule is c1ccc(-c2nc(-c3ccc4c(c3)c3ccccc3n4-c3ccccc3)nc(-c3ccc(-n4c5ccccc5c5cc6ccccc6cc54)cc3-c3c4ccccc4cc4sc5ccccc5c34)n2)cc1. The lowest BCUT2D eigenvalue weighted by Crippen LogP contribution is -2.02. The van der Waals surface area contributed by atoms with E-state index in [0.29, 0.717) is 17.5 Å². The first-order valence-corrected chi connectivity index (χ1v) is 24.8. The van der Waals surface area contributed by atoms with Crippen LogP contribution in [0, 0.1) is 0 Å². The van der Waals surface area contributed by atoms with Gasteiger partial charge in [-0.3, -0.25) is 0 Å². The molecule has 0 unspecified atom stereocenters. The molecular formula is C65H39N5S. The maximum absolute atomic E-state index is 5.54. The number of hydrogen-bond donors (Lipinski definition) is 0. The van der Waals surface area contributed by atoms with Gasteiger partial charge in [-0.1, -0.05) is 152 Å². The van der Waals surface area contributed by atoms with E-state index >= 15 is 0 Å². The normalized spacial score (nSPS) is 11.9. The van der Waals surface area contributed by atoms with E-state index in [1.807, 2.05) is 29.5 Å². The standard InChI is InChI=1S/C65H39N5S/c1-3-17-40(18-4-1)63-66-64(44-31-34-57-52(36-44)48-25-11-14-28-55(48)69(57)45-22-5-2-6-23-45)68-65(67-63)50-33-32-46(70-56-29-15-12-26-49(56)53-35-41-19-7-8-20-42(41)37-58(53)70)39-54(50)61-47-24-10-9-21-43(47)38-60-62(61)51-27-13-16-30-59(51)71-60/h1-39H. The van der Waals surface area contributed by atoms with Crippen molar-refractivity contribution < 1.29 is 0 Å². The Balaban J connectivity index is 1.04. The molecule has 5 nitrogen and oxygen atoms in total. The van der Waals surface area contributed by atoms with Crippen LogP contribution in [0.4, 0.5) is 0 Å². The highest BCUT2D eigenvalue weighted by Gasteiger charge is 2.24. The Kier molecular flexibility index (Phi) is 8.76. The van der Waals surface area contributed by atoms with E-state index < -0.39 is 0 Å². The third-order valence-electron chi connectivity index (χ3n) is 14.3. The van der Waals surface area contributed by atoms with E-state index in [1.165, 1.54) is 57.9 Å². The summed E-state index contributed by atoms with van der Waals surface area (Å²) in [5.74, 6) is 1.84. The molecule has 0 spiro atoms. The summed E-state index contributed by atoms with van der Waals surface area (Å²) in [6, 6.07) is 85.2. The highest BCUT2D eigenvalue weighted by molar-refractivity contribution is 7.26. The van der Waals surface area contributed by atoms with Crippen molar-refractivity contribution in [3.05, 3.63) is 237 Å². The zero-order valence-electron chi connectivity index (χ0n) is 38.2. The molecule has 0 aliphatic heterocycles. The second kappa shape index (κ2) is 15.7. The Morgan fingerprint density at radius 3 is 1.62 bits per heavy atom. The number of benzene rings is 11. The van der Waals surface area contributed by atoms with Crippen LogP contribution in [0.15, 0.2) is 237 Å². The average Bonchev–Trinajstić information content (AvgIpc) is 4.09. The summed E-state index contributed by atoms with van der Waals surface area (Å²) >= 11 is 1.85. The fraction of sp³-hybridized carbons (Fsp3) is 0. The number of rotatable bonds is 6. The second-order valence-electron chi connectivity index (χ2n) is 18.3. The monoisotopic (exact) mass is 921 g/mol. The number of thiophene rings is 1. The summed E-state index contributed by atoms with van der Waals surface area (Å²) in [4.78, 5) is 16.3. The Morgan fingerprint density at radius 2 is 0.859 bits per heavy atom. The zero-order chi connectivity index (χ0) is 46.6. The minimum Gasteiger partial charge on any atom is -0.309 e. The molecule has 4 aromatic heterocycles. The van der Waals surface area contributed by atoms with Gasteiger partial charge in [0.1, 0.15) is 0 Å². The zero-order valence-corrected chi connectivity index (χ0v) is 39.0. The molecule has 0 N–H and O–H groups in total. The van der Waals surface area contributed by atoms with E-state index in [4.69, 9.17) is 15.0 Å². The van der Waals surface area contributed by atoms with Crippen LogP contribution in [0.1, 0.15) is 0 Å². The van der Waals surface area contributed by atoms with Crippen LogP contribution in [0.2, 0.25) is 0 Å². The van der Waals surface area contributed by atoms with E-state index in [1.54, 1.807) is 0 Å². The smallest absolute Gasteiger partial charge is 0.164 e. The largest absolute Gasteiger partial charge is 0.309 e. The summed E-state index contributed by atoms with van der Waals surface area (Å²) < 4.78 is 7.27. The average molecular weight is 922 g/mol. The molecule has 330 valence electrons. The van der Waals surface area contributed by atoms with Crippen LogP contribution < -0.4 is 0 Å². The minimum atomic E-state index is 0.607. The van der Waals surface area contributed by atoms with E-state index in [0.717, 1.165) is 66.6 Å². The third kappa shape index (κ3) is 6.22. The Morgan fingerprint density at radius 1 is 0.296 bits per heavy atom. The Bertz CT molecular complexity index is 4640. The molecule has 0 radical (unpaired) electrons. The predicted octanol–water partition coefficient (Wildman–Crippen LogP) is 17.4. The molecule has 15 rings (SSSR count). The number of para-hydroxylation sites is 3. The van der Waals surface area contributed by atoms with Gasteiger partial charge < -0.3 is 9.13 Å². The van der Waals surface area contributed by atoms with Crippen LogP contribution in [0.3, 0.4) is 0 Å². The first-order valence-electron chi connectivity index (χ1n) is 24.0. The quantitative estimate of drug-likeness (QED) is 0.167. The van der Waals surface area contributed by atoms with Crippen molar-refractivity contribution >= 4 is 96.7 Å². The summed E-state index contributed by atoms with van der Waals surface area (Å²) in [5.41, 5.74) is 11.7. The van der Waals surface area contributed by atoms with Gasteiger partial charge in [0, 0.05) is 69.8 Å². The molecular weight excluding hydrogens is 883 g/mol. The lowest BCUT2D eigenvalue weighted by molar-refractivity contribution is 1.07. The summed E-state index contributed by atoms with van der Waals surface area (Å²) in [7, 11) is 0.